The van der Waals surface area contributed by atoms with Crippen LogP contribution in [0.15, 0.2) is 30.3 Å². The molecule has 18 heavy (non-hydrogen) atoms. The fraction of sp³-hybridized carbons (Fsp3) is 0.533. The third kappa shape index (κ3) is 2.56. The monoisotopic (exact) mass is 244 g/mol. The van der Waals surface area contributed by atoms with E-state index < -0.39 is 0 Å². The first-order valence-electron chi connectivity index (χ1n) is 6.79. The Morgan fingerprint density at radius 3 is 2.72 bits per heavy atom. The topological polar surface area (TPSA) is 32.3 Å². The van der Waals surface area contributed by atoms with Gasteiger partial charge in [0.1, 0.15) is 0 Å². The van der Waals surface area contributed by atoms with E-state index in [4.69, 9.17) is 0 Å². The van der Waals surface area contributed by atoms with Gasteiger partial charge in [0.05, 0.1) is 6.54 Å². The smallest absolute Gasteiger partial charge is 0.236 e. The molecular formula is C15H20N2O. The van der Waals surface area contributed by atoms with Gasteiger partial charge in [0, 0.05) is 25.0 Å². The molecule has 2 aliphatic rings. The SMILES string of the molecule is CN(C(=O)CNC1CC1c1ccccc1)C1CC1. The minimum atomic E-state index is 0.233. The molecule has 0 aromatic heterocycles. The number of benzene rings is 1. The van der Waals surface area contributed by atoms with Crippen LogP contribution in [0.2, 0.25) is 0 Å². The third-order valence-electron chi connectivity index (χ3n) is 4.02. The van der Waals surface area contributed by atoms with Crippen molar-refractivity contribution in [3.63, 3.8) is 0 Å². The molecule has 1 aromatic carbocycles. The Bertz CT molecular complexity index is 427. The molecule has 0 aliphatic heterocycles. The highest BCUT2D eigenvalue weighted by molar-refractivity contribution is 5.78. The van der Waals surface area contributed by atoms with E-state index in [1.54, 1.807) is 0 Å². The number of hydrogen-bond donors (Lipinski definition) is 1. The predicted molar refractivity (Wildman–Crippen MR) is 71.4 cm³/mol. The molecular weight excluding hydrogens is 224 g/mol. The van der Waals surface area contributed by atoms with Gasteiger partial charge in [0.25, 0.3) is 0 Å². The van der Waals surface area contributed by atoms with Gasteiger partial charge in [-0.3, -0.25) is 4.79 Å². The predicted octanol–water partition coefficient (Wildman–Crippen LogP) is 1.75. The average Bonchev–Trinajstić information content (AvgIpc) is 3.29. The molecule has 2 saturated carbocycles. The molecule has 2 aliphatic carbocycles. The number of hydrogen-bond acceptors (Lipinski definition) is 2. The van der Waals surface area contributed by atoms with Gasteiger partial charge in [-0.15, -0.1) is 0 Å². The van der Waals surface area contributed by atoms with Crippen molar-refractivity contribution in [2.24, 2.45) is 0 Å². The van der Waals surface area contributed by atoms with Crippen molar-refractivity contribution in [3.05, 3.63) is 35.9 Å². The molecule has 0 bridgehead atoms. The molecule has 3 heteroatoms. The van der Waals surface area contributed by atoms with Gasteiger partial charge in [-0.05, 0) is 24.8 Å². The molecule has 1 amide bonds. The Morgan fingerprint density at radius 2 is 2.06 bits per heavy atom. The maximum absolute atomic E-state index is 11.9. The highest BCUT2D eigenvalue weighted by Gasteiger charge is 2.38. The number of carbonyl (C=O) groups excluding carboxylic acids is 1. The van der Waals surface area contributed by atoms with Gasteiger partial charge >= 0.3 is 0 Å². The summed E-state index contributed by atoms with van der Waals surface area (Å²) in [5.74, 6) is 0.835. The van der Waals surface area contributed by atoms with Crippen LogP contribution in [-0.2, 0) is 4.79 Å². The molecule has 0 radical (unpaired) electrons. The van der Waals surface area contributed by atoms with Crippen LogP contribution in [0.5, 0.6) is 0 Å². The van der Waals surface area contributed by atoms with Crippen LogP contribution < -0.4 is 5.32 Å². The van der Waals surface area contributed by atoms with E-state index in [1.807, 2.05) is 18.0 Å². The summed E-state index contributed by atoms with van der Waals surface area (Å²) in [6.45, 7) is 0.487. The van der Waals surface area contributed by atoms with Gasteiger partial charge in [-0.1, -0.05) is 30.3 Å². The Kier molecular flexibility index (Phi) is 3.08. The Morgan fingerprint density at radius 1 is 1.33 bits per heavy atom. The standard InChI is InChI=1S/C15H20N2O/c1-17(12-7-8-12)15(18)10-16-14-9-13(14)11-5-3-2-4-6-11/h2-6,12-14,16H,7-10H2,1H3. The van der Waals surface area contributed by atoms with Crippen LogP contribution in [0.1, 0.15) is 30.7 Å². The van der Waals surface area contributed by atoms with E-state index in [-0.39, 0.29) is 5.91 Å². The number of nitrogens with one attached hydrogen (secondary N) is 1. The van der Waals surface area contributed by atoms with E-state index in [2.05, 4.69) is 29.6 Å². The number of carbonyl (C=O) groups is 1. The van der Waals surface area contributed by atoms with Crippen LogP contribution >= 0.6 is 0 Å². The molecule has 3 rings (SSSR count). The lowest BCUT2D eigenvalue weighted by atomic mass is 10.1. The number of amides is 1. The van der Waals surface area contributed by atoms with E-state index >= 15 is 0 Å². The fourth-order valence-corrected chi connectivity index (χ4v) is 2.50. The van der Waals surface area contributed by atoms with Crippen molar-refractivity contribution >= 4 is 5.91 Å². The molecule has 0 heterocycles. The first-order chi connectivity index (χ1) is 8.75. The van der Waals surface area contributed by atoms with E-state index in [0.29, 0.717) is 24.5 Å². The number of rotatable bonds is 5. The number of nitrogens with zero attached hydrogens (tertiary/aromatic N) is 1. The molecule has 0 spiro atoms. The van der Waals surface area contributed by atoms with E-state index in [1.165, 1.54) is 18.4 Å². The number of likely N-dealkylation sites (N-methyl/N-ethyl adjacent to an activating group) is 1. The Balaban J connectivity index is 1.44. The van der Waals surface area contributed by atoms with Crippen LogP contribution in [0.4, 0.5) is 0 Å². The van der Waals surface area contributed by atoms with Crippen molar-refractivity contribution in [2.75, 3.05) is 13.6 Å². The second-order valence-corrected chi connectivity index (χ2v) is 5.48. The zero-order valence-electron chi connectivity index (χ0n) is 10.8. The molecule has 2 unspecified atom stereocenters. The lowest BCUT2D eigenvalue weighted by molar-refractivity contribution is -0.129. The molecule has 1 aromatic rings. The molecule has 2 atom stereocenters. The normalized spacial score (nSPS) is 25.8. The summed E-state index contributed by atoms with van der Waals surface area (Å²) in [7, 11) is 1.92. The highest BCUT2D eigenvalue weighted by Crippen LogP contribution is 2.40. The Hall–Kier alpha value is -1.35. The molecule has 0 saturated heterocycles. The summed E-state index contributed by atoms with van der Waals surface area (Å²) in [6.07, 6.45) is 3.51. The second kappa shape index (κ2) is 4.73. The van der Waals surface area contributed by atoms with Gasteiger partial charge in [-0.2, -0.15) is 0 Å². The zero-order valence-corrected chi connectivity index (χ0v) is 10.8. The first kappa shape index (κ1) is 11.7. The summed E-state index contributed by atoms with van der Waals surface area (Å²) in [5, 5.41) is 3.38. The molecule has 96 valence electrons. The van der Waals surface area contributed by atoms with Gasteiger partial charge in [0.15, 0.2) is 0 Å². The first-order valence-corrected chi connectivity index (χ1v) is 6.79. The van der Waals surface area contributed by atoms with E-state index in [0.717, 1.165) is 6.42 Å². The van der Waals surface area contributed by atoms with Gasteiger partial charge < -0.3 is 10.2 Å². The van der Waals surface area contributed by atoms with Crippen molar-refractivity contribution in [1.29, 1.82) is 0 Å². The molecule has 1 N–H and O–H groups in total. The largest absolute Gasteiger partial charge is 0.342 e. The van der Waals surface area contributed by atoms with Crippen molar-refractivity contribution in [3.8, 4) is 0 Å². The van der Waals surface area contributed by atoms with E-state index in [9.17, 15) is 4.79 Å². The highest BCUT2D eigenvalue weighted by atomic mass is 16.2. The van der Waals surface area contributed by atoms with Crippen molar-refractivity contribution in [1.82, 2.24) is 10.2 Å². The summed E-state index contributed by atoms with van der Waals surface area (Å²) < 4.78 is 0. The van der Waals surface area contributed by atoms with Crippen molar-refractivity contribution < 1.29 is 4.79 Å². The minimum absolute atomic E-state index is 0.233. The summed E-state index contributed by atoms with van der Waals surface area (Å²) in [6, 6.07) is 11.6. The van der Waals surface area contributed by atoms with Crippen molar-refractivity contribution in [2.45, 2.75) is 37.3 Å². The average molecular weight is 244 g/mol. The lowest BCUT2D eigenvalue weighted by Crippen LogP contribution is -2.37. The fourth-order valence-electron chi connectivity index (χ4n) is 2.50. The maximum atomic E-state index is 11.9. The minimum Gasteiger partial charge on any atom is -0.342 e. The second-order valence-electron chi connectivity index (χ2n) is 5.48. The van der Waals surface area contributed by atoms with Gasteiger partial charge in [0.2, 0.25) is 5.91 Å². The van der Waals surface area contributed by atoms with Crippen LogP contribution in [0.3, 0.4) is 0 Å². The maximum Gasteiger partial charge on any atom is 0.236 e. The molecule has 2 fully saturated rings. The summed E-state index contributed by atoms with van der Waals surface area (Å²) in [4.78, 5) is 13.8. The zero-order chi connectivity index (χ0) is 12.5. The lowest BCUT2D eigenvalue weighted by Gasteiger charge is -2.16. The Labute approximate surface area is 108 Å². The quantitative estimate of drug-likeness (QED) is 0.856. The third-order valence-corrected chi connectivity index (χ3v) is 4.02. The van der Waals surface area contributed by atoms with Crippen LogP contribution in [0.25, 0.3) is 0 Å². The summed E-state index contributed by atoms with van der Waals surface area (Å²) in [5.41, 5.74) is 1.39. The summed E-state index contributed by atoms with van der Waals surface area (Å²) >= 11 is 0. The van der Waals surface area contributed by atoms with Crippen LogP contribution in [-0.4, -0.2) is 36.5 Å². The molecule has 3 nitrogen and oxygen atoms in total. The van der Waals surface area contributed by atoms with Gasteiger partial charge in [-0.25, -0.2) is 0 Å². The van der Waals surface area contributed by atoms with Crippen LogP contribution in [0, 0.1) is 0 Å².